The van der Waals surface area contributed by atoms with Gasteiger partial charge in [0.2, 0.25) is 0 Å². The molecule has 4 nitrogen and oxygen atoms in total. The van der Waals surface area contributed by atoms with Crippen LogP contribution in [0, 0.1) is 0 Å². The molecule has 72 valence electrons. The van der Waals surface area contributed by atoms with Gasteiger partial charge in [-0.25, -0.2) is 4.98 Å². The molecule has 13 heavy (non-hydrogen) atoms. The molecule has 1 fully saturated rings. The first-order valence-corrected chi connectivity index (χ1v) is 4.90. The highest BCUT2D eigenvalue weighted by atomic mass is 16.5. The van der Waals surface area contributed by atoms with Crippen molar-refractivity contribution < 1.29 is 4.74 Å². The summed E-state index contributed by atoms with van der Waals surface area (Å²) in [6.07, 6.45) is 4.47. The molecule has 0 spiro atoms. The second-order valence-corrected chi connectivity index (χ2v) is 3.39. The third kappa shape index (κ3) is 2.06. The maximum atomic E-state index is 5.51. The van der Waals surface area contributed by atoms with E-state index in [1.807, 2.05) is 0 Å². The van der Waals surface area contributed by atoms with Crippen LogP contribution in [-0.2, 0) is 17.6 Å². The molecule has 1 aromatic heterocycles. The Morgan fingerprint density at radius 2 is 2.54 bits per heavy atom. The third-order valence-electron chi connectivity index (χ3n) is 2.34. The molecule has 2 rings (SSSR count). The average molecular weight is 181 g/mol. The van der Waals surface area contributed by atoms with E-state index in [2.05, 4.69) is 22.1 Å². The molecule has 1 atom stereocenters. The number of hydrogen-bond donors (Lipinski definition) is 1. The molecule has 2 heterocycles. The molecule has 0 amide bonds. The molecule has 0 aliphatic carbocycles. The normalized spacial score (nSPS) is 22.4. The van der Waals surface area contributed by atoms with Crippen molar-refractivity contribution >= 4 is 0 Å². The van der Waals surface area contributed by atoms with E-state index in [1.54, 1.807) is 0 Å². The molecule has 1 unspecified atom stereocenters. The molecule has 0 radical (unpaired) electrons. The van der Waals surface area contributed by atoms with Gasteiger partial charge in [-0.15, -0.1) is 0 Å². The first-order chi connectivity index (χ1) is 6.38. The van der Waals surface area contributed by atoms with Crippen LogP contribution in [0.3, 0.4) is 0 Å². The van der Waals surface area contributed by atoms with Gasteiger partial charge >= 0.3 is 0 Å². The van der Waals surface area contributed by atoms with Gasteiger partial charge in [0.25, 0.3) is 0 Å². The summed E-state index contributed by atoms with van der Waals surface area (Å²) >= 11 is 0. The van der Waals surface area contributed by atoms with Gasteiger partial charge in [0.15, 0.2) is 0 Å². The first kappa shape index (κ1) is 8.69. The summed E-state index contributed by atoms with van der Waals surface area (Å²) in [4.78, 5) is 4.35. The van der Waals surface area contributed by atoms with Crippen molar-refractivity contribution in [1.29, 1.82) is 0 Å². The van der Waals surface area contributed by atoms with Crippen LogP contribution in [0.1, 0.15) is 31.4 Å². The van der Waals surface area contributed by atoms with E-state index in [0.29, 0.717) is 6.10 Å². The van der Waals surface area contributed by atoms with Crippen LogP contribution in [0.5, 0.6) is 0 Å². The molecule has 1 aliphatic heterocycles. The van der Waals surface area contributed by atoms with Crippen LogP contribution in [0.4, 0.5) is 0 Å². The molecule has 1 aromatic rings. The SMILES string of the molecule is CCc1n[nH]c(CC2CCCO2)n1. The van der Waals surface area contributed by atoms with Crippen molar-refractivity contribution in [3.8, 4) is 0 Å². The number of nitrogens with zero attached hydrogens (tertiary/aromatic N) is 2. The second-order valence-electron chi connectivity index (χ2n) is 3.39. The fourth-order valence-corrected chi connectivity index (χ4v) is 1.61. The Balaban J connectivity index is 1.92. The number of aromatic nitrogens is 3. The lowest BCUT2D eigenvalue weighted by Crippen LogP contribution is -2.09. The van der Waals surface area contributed by atoms with Gasteiger partial charge in [0, 0.05) is 19.4 Å². The van der Waals surface area contributed by atoms with Gasteiger partial charge < -0.3 is 4.74 Å². The monoisotopic (exact) mass is 181 g/mol. The van der Waals surface area contributed by atoms with Gasteiger partial charge in [0.05, 0.1) is 6.10 Å². The highest BCUT2D eigenvalue weighted by Gasteiger charge is 2.17. The Kier molecular flexibility index (Phi) is 2.59. The van der Waals surface area contributed by atoms with Crippen molar-refractivity contribution in [3.05, 3.63) is 11.6 Å². The molecule has 1 aliphatic rings. The summed E-state index contributed by atoms with van der Waals surface area (Å²) in [6.45, 7) is 2.96. The fraction of sp³-hybridized carbons (Fsp3) is 0.778. The number of nitrogens with one attached hydrogen (secondary N) is 1. The van der Waals surface area contributed by atoms with Crippen molar-refractivity contribution in [2.24, 2.45) is 0 Å². The molecule has 0 bridgehead atoms. The van der Waals surface area contributed by atoms with Gasteiger partial charge in [-0.2, -0.15) is 5.10 Å². The van der Waals surface area contributed by atoms with Crippen molar-refractivity contribution in [1.82, 2.24) is 15.2 Å². The van der Waals surface area contributed by atoms with Crippen molar-refractivity contribution in [2.75, 3.05) is 6.61 Å². The predicted molar refractivity (Wildman–Crippen MR) is 48.4 cm³/mol. The van der Waals surface area contributed by atoms with Gasteiger partial charge in [0.1, 0.15) is 11.6 Å². The first-order valence-electron chi connectivity index (χ1n) is 4.90. The highest BCUT2D eigenvalue weighted by molar-refractivity contribution is 4.92. The van der Waals surface area contributed by atoms with E-state index in [-0.39, 0.29) is 0 Å². The largest absolute Gasteiger partial charge is 0.378 e. The Bertz CT molecular complexity index is 266. The van der Waals surface area contributed by atoms with Crippen LogP contribution in [0.2, 0.25) is 0 Å². The smallest absolute Gasteiger partial charge is 0.150 e. The third-order valence-corrected chi connectivity index (χ3v) is 2.34. The number of H-pyrrole nitrogens is 1. The minimum atomic E-state index is 0.359. The van der Waals surface area contributed by atoms with Gasteiger partial charge in [-0.05, 0) is 12.8 Å². The lowest BCUT2D eigenvalue weighted by Gasteiger charge is -2.04. The summed E-state index contributed by atoms with van der Waals surface area (Å²) in [5.41, 5.74) is 0. The summed E-state index contributed by atoms with van der Waals surface area (Å²) in [7, 11) is 0. The second kappa shape index (κ2) is 3.87. The molecule has 1 N–H and O–H groups in total. The Labute approximate surface area is 77.7 Å². The number of hydrogen-bond acceptors (Lipinski definition) is 3. The Morgan fingerprint density at radius 1 is 1.62 bits per heavy atom. The topological polar surface area (TPSA) is 50.8 Å². The lowest BCUT2D eigenvalue weighted by molar-refractivity contribution is 0.110. The average Bonchev–Trinajstić information content (AvgIpc) is 2.76. The van der Waals surface area contributed by atoms with Crippen molar-refractivity contribution in [3.63, 3.8) is 0 Å². The van der Waals surface area contributed by atoms with Gasteiger partial charge in [-0.1, -0.05) is 6.92 Å². The maximum absolute atomic E-state index is 5.51. The molecular weight excluding hydrogens is 166 g/mol. The van der Waals surface area contributed by atoms with Crippen LogP contribution in [0.25, 0.3) is 0 Å². The summed E-state index contributed by atoms with van der Waals surface area (Å²) < 4.78 is 5.51. The number of ether oxygens (including phenoxy) is 1. The highest BCUT2D eigenvalue weighted by Crippen LogP contribution is 2.15. The van der Waals surface area contributed by atoms with E-state index >= 15 is 0 Å². The molecule has 0 aromatic carbocycles. The van der Waals surface area contributed by atoms with Gasteiger partial charge in [-0.3, -0.25) is 5.10 Å². The minimum absolute atomic E-state index is 0.359. The van der Waals surface area contributed by atoms with Crippen LogP contribution >= 0.6 is 0 Å². The minimum Gasteiger partial charge on any atom is -0.378 e. The number of rotatable bonds is 3. The zero-order valence-electron chi connectivity index (χ0n) is 7.92. The molecular formula is C9H15N3O. The van der Waals surface area contributed by atoms with E-state index in [0.717, 1.165) is 37.5 Å². The van der Waals surface area contributed by atoms with E-state index in [1.165, 1.54) is 6.42 Å². The number of aromatic amines is 1. The fourth-order valence-electron chi connectivity index (χ4n) is 1.61. The summed E-state index contributed by atoms with van der Waals surface area (Å²) in [5.74, 6) is 1.86. The standard InChI is InChI=1S/C9H15N3O/c1-2-8-10-9(12-11-8)6-7-4-3-5-13-7/h7H,2-6H2,1H3,(H,10,11,12). The predicted octanol–water partition coefficient (Wildman–Crippen LogP) is 1.09. The maximum Gasteiger partial charge on any atom is 0.150 e. The lowest BCUT2D eigenvalue weighted by atomic mass is 10.2. The number of aryl methyl sites for hydroxylation is 1. The molecule has 4 heteroatoms. The zero-order chi connectivity index (χ0) is 9.10. The summed E-state index contributed by atoms with van der Waals surface area (Å²) in [6, 6.07) is 0. The Morgan fingerprint density at radius 3 is 3.15 bits per heavy atom. The molecule has 0 saturated carbocycles. The van der Waals surface area contributed by atoms with Crippen molar-refractivity contribution in [2.45, 2.75) is 38.7 Å². The van der Waals surface area contributed by atoms with E-state index < -0.39 is 0 Å². The van der Waals surface area contributed by atoms with E-state index in [4.69, 9.17) is 4.74 Å². The van der Waals surface area contributed by atoms with E-state index in [9.17, 15) is 0 Å². The van der Waals surface area contributed by atoms with Crippen LogP contribution < -0.4 is 0 Å². The Hall–Kier alpha value is -0.900. The van der Waals surface area contributed by atoms with Crippen LogP contribution in [-0.4, -0.2) is 27.9 Å². The molecule has 1 saturated heterocycles. The zero-order valence-corrected chi connectivity index (χ0v) is 7.92. The summed E-state index contributed by atoms with van der Waals surface area (Å²) in [5, 5.41) is 7.03. The van der Waals surface area contributed by atoms with Crippen LogP contribution in [0.15, 0.2) is 0 Å². The quantitative estimate of drug-likeness (QED) is 0.759.